The van der Waals surface area contributed by atoms with Crippen molar-refractivity contribution in [3.63, 3.8) is 0 Å². The fourth-order valence-electron chi connectivity index (χ4n) is 4.20. The first-order valence-corrected chi connectivity index (χ1v) is 12.9. The fourth-order valence-corrected chi connectivity index (χ4v) is 5.57. The average Bonchev–Trinajstić information content (AvgIpc) is 3.29. The second kappa shape index (κ2) is 10.3. The lowest BCUT2D eigenvalue weighted by Gasteiger charge is -2.15. The maximum atomic E-state index is 12.1. The zero-order chi connectivity index (χ0) is 26.1. The molecular formula is C27H19Cl2N5O2S. The zero-order valence-electron chi connectivity index (χ0n) is 19.8. The molecule has 4 aromatic heterocycles. The highest BCUT2D eigenvalue weighted by Gasteiger charge is 2.18. The minimum atomic E-state index is -0.439. The number of nitriles is 1. The Kier molecular flexibility index (Phi) is 6.94. The van der Waals surface area contributed by atoms with Crippen LogP contribution in [0.5, 0.6) is 5.75 Å². The van der Waals surface area contributed by atoms with Gasteiger partial charge in [0.05, 0.1) is 21.1 Å². The van der Waals surface area contributed by atoms with Crippen LogP contribution in [0.1, 0.15) is 33.8 Å². The minimum Gasteiger partial charge on any atom is -0.486 e. The predicted molar refractivity (Wildman–Crippen MR) is 145 cm³/mol. The molecule has 0 saturated heterocycles. The van der Waals surface area contributed by atoms with E-state index in [4.69, 9.17) is 32.9 Å². The van der Waals surface area contributed by atoms with Crippen LogP contribution in [-0.2, 0) is 13.0 Å². The third kappa shape index (κ3) is 4.94. The molecule has 0 aliphatic heterocycles. The largest absolute Gasteiger partial charge is 0.486 e. The quantitative estimate of drug-likeness (QED) is 0.263. The molecule has 0 bridgehead atoms. The van der Waals surface area contributed by atoms with Gasteiger partial charge < -0.3 is 9.72 Å². The van der Waals surface area contributed by atoms with Gasteiger partial charge >= 0.3 is 0 Å². The molecule has 0 unspecified atom stereocenters. The summed E-state index contributed by atoms with van der Waals surface area (Å²) in [6, 6.07) is 13.2. The van der Waals surface area contributed by atoms with E-state index in [2.05, 4.69) is 15.0 Å². The highest BCUT2D eigenvalue weighted by atomic mass is 35.5. The highest BCUT2D eigenvalue weighted by molar-refractivity contribution is 7.14. The Hall–Kier alpha value is -3.77. The van der Waals surface area contributed by atoms with Crippen LogP contribution in [0.15, 0.2) is 52.9 Å². The Morgan fingerprint density at radius 3 is 2.70 bits per heavy atom. The topological polar surface area (TPSA) is 105 Å². The van der Waals surface area contributed by atoms with E-state index in [9.17, 15) is 10.1 Å². The number of benzene rings is 1. The number of aromatic nitrogens is 4. The summed E-state index contributed by atoms with van der Waals surface area (Å²) in [6.07, 6.45) is 1.77. The number of para-hydroxylation sites is 1. The van der Waals surface area contributed by atoms with Crippen molar-refractivity contribution >= 4 is 45.4 Å². The van der Waals surface area contributed by atoms with Gasteiger partial charge in [0.25, 0.3) is 5.56 Å². The number of aryl methyl sites for hydroxylation is 2. The van der Waals surface area contributed by atoms with Gasteiger partial charge in [-0.15, -0.1) is 11.3 Å². The number of pyridine rings is 3. The van der Waals surface area contributed by atoms with Gasteiger partial charge in [-0.25, -0.2) is 9.97 Å². The Bertz CT molecular complexity index is 1760. The van der Waals surface area contributed by atoms with Crippen LogP contribution in [0.2, 0.25) is 10.2 Å². The summed E-state index contributed by atoms with van der Waals surface area (Å²) in [4.78, 5) is 29.1. The van der Waals surface area contributed by atoms with Crippen LogP contribution in [0, 0.1) is 25.2 Å². The Morgan fingerprint density at radius 1 is 1.14 bits per heavy atom. The van der Waals surface area contributed by atoms with Crippen LogP contribution >= 0.6 is 34.5 Å². The van der Waals surface area contributed by atoms with E-state index in [0.717, 1.165) is 27.2 Å². The molecule has 0 aliphatic rings. The maximum Gasteiger partial charge on any atom is 0.266 e. The molecule has 5 rings (SSSR count). The number of nitrogens with zero attached hydrogens (tertiary/aromatic N) is 4. The highest BCUT2D eigenvalue weighted by Crippen LogP contribution is 2.38. The van der Waals surface area contributed by atoms with Crippen molar-refractivity contribution in [3.05, 3.63) is 102 Å². The molecule has 0 radical (unpaired) electrons. The number of H-pyrrole nitrogens is 1. The lowest BCUT2D eigenvalue weighted by molar-refractivity contribution is 0.307. The molecule has 7 nitrogen and oxygen atoms in total. The first kappa shape index (κ1) is 24.9. The van der Waals surface area contributed by atoms with Crippen molar-refractivity contribution in [1.29, 1.82) is 5.26 Å². The molecule has 37 heavy (non-hydrogen) atoms. The smallest absolute Gasteiger partial charge is 0.266 e. The molecule has 4 heterocycles. The lowest BCUT2D eigenvalue weighted by atomic mass is 10.0. The van der Waals surface area contributed by atoms with Crippen molar-refractivity contribution in [2.45, 2.75) is 26.9 Å². The van der Waals surface area contributed by atoms with Gasteiger partial charge in [0.1, 0.15) is 34.7 Å². The van der Waals surface area contributed by atoms with Gasteiger partial charge in [0.2, 0.25) is 0 Å². The van der Waals surface area contributed by atoms with E-state index in [0.29, 0.717) is 38.3 Å². The van der Waals surface area contributed by atoms with Crippen LogP contribution in [0.3, 0.4) is 0 Å². The van der Waals surface area contributed by atoms with Crippen molar-refractivity contribution in [2.24, 2.45) is 0 Å². The third-order valence-electron chi connectivity index (χ3n) is 5.87. The number of thiazole rings is 1. The molecule has 0 fully saturated rings. The first-order valence-electron chi connectivity index (χ1n) is 11.2. The van der Waals surface area contributed by atoms with Gasteiger partial charge in [-0.3, -0.25) is 9.78 Å². The van der Waals surface area contributed by atoms with E-state index < -0.39 is 5.56 Å². The molecule has 0 amide bonds. The standard InChI is InChI=1S/C27H19Cl2N5O2S/c1-14-8-18(25-26(29)32-13-37-25)17-4-3-5-23(24(17)34-14)36-12-20-21(28)9-15(2)33-22(20)10-16-6-7-31-27(35)19(16)11-30/h3-9,13H,10,12H2,1-2H3,(H,31,35). The summed E-state index contributed by atoms with van der Waals surface area (Å²) >= 11 is 14.4. The first-order chi connectivity index (χ1) is 17.9. The van der Waals surface area contributed by atoms with E-state index in [1.165, 1.54) is 17.5 Å². The molecule has 184 valence electrons. The van der Waals surface area contributed by atoms with Gasteiger partial charge in [-0.05, 0) is 43.7 Å². The summed E-state index contributed by atoms with van der Waals surface area (Å²) in [6.45, 7) is 3.88. The second-order valence-electron chi connectivity index (χ2n) is 8.39. The van der Waals surface area contributed by atoms with Crippen LogP contribution < -0.4 is 10.3 Å². The number of hydrogen-bond acceptors (Lipinski definition) is 7. The second-order valence-corrected chi connectivity index (χ2v) is 10.0. The molecule has 0 spiro atoms. The minimum absolute atomic E-state index is 0.0526. The Labute approximate surface area is 226 Å². The fraction of sp³-hybridized carbons (Fsp3) is 0.148. The molecule has 0 saturated carbocycles. The Morgan fingerprint density at radius 2 is 1.95 bits per heavy atom. The van der Waals surface area contributed by atoms with Crippen LogP contribution in [-0.4, -0.2) is 19.9 Å². The van der Waals surface area contributed by atoms with E-state index in [1.807, 2.05) is 44.2 Å². The molecular weight excluding hydrogens is 529 g/mol. The Balaban J connectivity index is 1.54. The SMILES string of the molecule is Cc1cc(Cl)c(COc2cccc3c(-c4scnc4Cl)cc(C)nc23)c(Cc2cc[nH]c(=O)c2C#N)n1. The van der Waals surface area contributed by atoms with Crippen molar-refractivity contribution in [2.75, 3.05) is 0 Å². The van der Waals surface area contributed by atoms with Gasteiger partial charge in [0, 0.05) is 40.5 Å². The summed E-state index contributed by atoms with van der Waals surface area (Å²) in [5.41, 5.74) is 6.37. The summed E-state index contributed by atoms with van der Waals surface area (Å²) < 4.78 is 6.28. The summed E-state index contributed by atoms with van der Waals surface area (Å²) in [5.74, 6) is 0.583. The number of rotatable bonds is 6. The van der Waals surface area contributed by atoms with Crippen molar-refractivity contribution < 1.29 is 4.74 Å². The summed E-state index contributed by atoms with van der Waals surface area (Å²) in [5, 5.41) is 11.3. The number of nitrogens with one attached hydrogen (secondary N) is 1. The van der Waals surface area contributed by atoms with Gasteiger partial charge in [-0.1, -0.05) is 35.3 Å². The van der Waals surface area contributed by atoms with Gasteiger partial charge in [-0.2, -0.15) is 5.26 Å². The van der Waals surface area contributed by atoms with E-state index in [1.54, 1.807) is 17.6 Å². The van der Waals surface area contributed by atoms with Crippen LogP contribution in [0.25, 0.3) is 21.3 Å². The number of aromatic amines is 1. The number of ether oxygens (including phenoxy) is 1. The van der Waals surface area contributed by atoms with Gasteiger partial charge in [0.15, 0.2) is 0 Å². The third-order valence-corrected chi connectivity index (χ3v) is 7.47. The number of hydrogen-bond donors (Lipinski definition) is 1. The molecule has 0 aliphatic carbocycles. The zero-order valence-corrected chi connectivity index (χ0v) is 22.1. The molecule has 1 aromatic carbocycles. The average molecular weight is 548 g/mol. The van der Waals surface area contributed by atoms with E-state index >= 15 is 0 Å². The van der Waals surface area contributed by atoms with Crippen molar-refractivity contribution in [3.8, 4) is 22.3 Å². The molecule has 10 heteroatoms. The van der Waals surface area contributed by atoms with E-state index in [-0.39, 0.29) is 18.6 Å². The normalized spacial score (nSPS) is 11.0. The number of fused-ring (bicyclic) bond motifs is 1. The lowest BCUT2D eigenvalue weighted by Crippen LogP contribution is -2.14. The monoisotopic (exact) mass is 547 g/mol. The predicted octanol–water partition coefficient (Wildman–Crippen LogP) is 6.41. The maximum absolute atomic E-state index is 12.1. The van der Waals surface area contributed by atoms with Crippen LogP contribution in [0.4, 0.5) is 0 Å². The molecule has 1 N–H and O–H groups in total. The number of halogens is 2. The molecule has 5 aromatic rings. The molecule has 0 atom stereocenters. The van der Waals surface area contributed by atoms with Crippen molar-refractivity contribution in [1.82, 2.24) is 19.9 Å². The summed E-state index contributed by atoms with van der Waals surface area (Å²) in [7, 11) is 0.